The molecule has 1 aliphatic carbocycles. The topological polar surface area (TPSA) is 80.3 Å². The van der Waals surface area contributed by atoms with Crippen molar-refractivity contribution in [3.63, 3.8) is 0 Å². The highest BCUT2D eigenvalue weighted by atomic mass is 16.2. The van der Waals surface area contributed by atoms with Crippen LogP contribution in [0.4, 0.5) is 0 Å². The number of piperidine rings is 1. The van der Waals surface area contributed by atoms with Gasteiger partial charge >= 0.3 is 0 Å². The summed E-state index contributed by atoms with van der Waals surface area (Å²) in [5.74, 6) is -3.57. The Bertz CT molecular complexity index is 614. The molecule has 5 heteroatoms. The number of benzene rings is 1. The smallest absolute Gasteiger partial charge is 0.231 e. The molecule has 5 nitrogen and oxygen atoms in total. The van der Waals surface area contributed by atoms with Gasteiger partial charge < -0.3 is 0 Å². The molecule has 0 spiro atoms. The largest absolute Gasteiger partial charge is 0.296 e. The molecule has 2 aliphatic rings. The zero-order valence-corrected chi connectivity index (χ0v) is 10.9. The standard InChI is InChI=1S/C15H13NO4/c1-7-6-10(17)16-15(20)11(7)12-13(18)8-4-2-3-5-9(8)14(12)19/h2-5,7,11-12H,6H2,1H3,(H,16,17,20). The molecule has 1 N–H and O–H groups in total. The molecule has 0 saturated carbocycles. The lowest BCUT2D eigenvalue weighted by atomic mass is 9.75. The van der Waals surface area contributed by atoms with Gasteiger partial charge in [-0.15, -0.1) is 0 Å². The quantitative estimate of drug-likeness (QED) is 0.610. The number of hydrogen-bond acceptors (Lipinski definition) is 4. The van der Waals surface area contributed by atoms with E-state index in [1.165, 1.54) is 0 Å². The summed E-state index contributed by atoms with van der Waals surface area (Å²) in [4.78, 5) is 48.1. The summed E-state index contributed by atoms with van der Waals surface area (Å²) in [7, 11) is 0. The number of fused-ring (bicyclic) bond motifs is 1. The summed E-state index contributed by atoms with van der Waals surface area (Å²) in [6.45, 7) is 1.73. The minimum Gasteiger partial charge on any atom is -0.296 e. The van der Waals surface area contributed by atoms with Gasteiger partial charge in [0, 0.05) is 17.5 Å². The molecule has 2 unspecified atom stereocenters. The van der Waals surface area contributed by atoms with E-state index in [1.807, 2.05) is 0 Å². The Morgan fingerprint density at radius 3 is 2.05 bits per heavy atom. The molecule has 1 fully saturated rings. The lowest BCUT2D eigenvalue weighted by Crippen LogP contribution is -2.50. The van der Waals surface area contributed by atoms with Gasteiger partial charge in [-0.2, -0.15) is 0 Å². The van der Waals surface area contributed by atoms with Crippen molar-refractivity contribution in [3.05, 3.63) is 35.4 Å². The van der Waals surface area contributed by atoms with Gasteiger partial charge in [-0.1, -0.05) is 31.2 Å². The van der Waals surface area contributed by atoms with Gasteiger partial charge in [0.25, 0.3) is 0 Å². The monoisotopic (exact) mass is 271 g/mol. The Balaban J connectivity index is 2.00. The second kappa shape index (κ2) is 4.37. The summed E-state index contributed by atoms with van der Waals surface area (Å²) >= 11 is 0. The molecular weight excluding hydrogens is 258 g/mol. The lowest BCUT2D eigenvalue weighted by molar-refractivity contribution is -0.139. The van der Waals surface area contributed by atoms with Crippen molar-refractivity contribution in [2.24, 2.45) is 17.8 Å². The summed E-state index contributed by atoms with van der Waals surface area (Å²) in [6, 6.07) is 6.60. The van der Waals surface area contributed by atoms with Gasteiger partial charge in [-0.3, -0.25) is 24.5 Å². The van der Waals surface area contributed by atoms with E-state index in [2.05, 4.69) is 5.32 Å². The number of nitrogens with one attached hydrogen (secondary N) is 1. The molecule has 2 atom stereocenters. The van der Waals surface area contributed by atoms with Gasteiger partial charge in [0.15, 0.2) is 11.6 Å². The zero-order chi connectivity index (χ0) is 14.4. The summed E-state index contributed by atoms with van der Waals surface area (Å²) < 4.78 is 0. The van der Waals surface area contributed by atoms with Crippen molar-refractivity contribution in [1.29, 1.82) is 0 Å². The van der Waals surface area contributed by atoms with Crippen molar-refractivity contribution in [2.45, 2.75) is 13.3 Å². The Hall–Kier alpha value is -2.30. The van der Waals surface area contributed by atoms with Crippen molar-refractivity contribution >= 4 is 23.4 Å². The predicted molar refractivity (Wildman–Crippen MR) is 69.0 cm³/mol. The second-order valence-corrected chi connectivity index (χ2v) is 5.37. The number of ketones is 2. The first-order valence-corrected chi connectivity index (χ1v) is 6.52. The number of amides is 2. The third kappa shape index (κ3) is 1.70. The molecule has 2 amide bonds. The number of imide groups is 1. The van der Waals surface area contributed by atoms with Crippen LogP contribution in [0.5, 0.6) is 0 Å². The third-order valence-electron chi connectivity index (χ3n) is 4.07. The molecule has 1 aliphatic heterocycles. The van der Waals surface area contributed by atoms with Crippen LogP contribution < -0.4 is 5.32 Å². The predicted octanol–water partition coefficient (Wildman–Crippen LogP) is 0.981. The molecule has 20 heavy (non-hydrogen) atoms. The Kier molecular flexibility index (Phi) is 2.78. The molecule has 1 aromatic rings. The highest BCUT2D eigenvalue weighted by Gasteiger charge is 2.49. The van der Waals surface area contributed by atoms with Crippen molar-refractivity contribution in [1.82, 2.24) is 5.32 Å². The highest BCUT2D eigenvalue weighted by molar-refractivity contribution is 6.28. The lowest BCUT2D eigenvalue weighted by Gasteiger charge is -2.30. The van der Waals surface area contributed by atoms with Gasteiger partial charge in [-0.05, 0) is 5.92 Å². The van der Waals surface area contributed by atoms with Crippen LogP contribution in [0, 0.1) is 17.8 Å². The van der Waals surface area contributed by atoms with Crippen LogP contribution in [0.1, 0.15) is 34.1 Å². The number of carbonyl (C=O) groups is 4. The van der Waals surface area contributed by atoms with Crippen LogP contribution in [0.25, 0.3) is 0 Å². The van der Waals surface area contributed by atoms with Gasteiger partial charge in [0.1, 0.15) is 0 Å². The maximum Gasteiger partial charge on any atom is 0.231 e. The average molecular weight is 271 g/mol. The van der Waals surface area contributed by atoms with Gasteiger partial charge in [0.2, 0.25) is 11.8 Å². The number of Topliss-reactive ketones (excluding diaryl/α,β-unsaturated/α-hetero) is 2. The Morgan fingerprint density at radius 2 is 1.55 bits per heavy atom. The van der Waals surface area contributed by atoms with Gasteiger partial charge in [0.05, 0.1) is 11.8 Å². The molecule has 1 heterocycles. The molecule has 102 valence electrons. The Labute approximate surface area is 115 Å². The summed E-state index contributed by atoms with van der Waals surface area (Å²) in [6.07, 6.45) is 0.157. The fraction of sp³-hybridized carbons (Fsp3) is 0.333. The van der Waals surface area contributed by atoms with Crippen molar-refractivity contribution in [3.8, 4) is 0 Å². The van der Waals surface area contributed by atoms with E-state index in [0.29, 0.717) is 11.1 Å². The number of hydrogen-bond donors (Lipinski definition) is 1. The van der Waals surface area contributed by atoms with Crippen LogP contribution in [-0.4, -0.2) is 23.4 Å². The maximum absolute atomic E-state index is 12.4. The van der Waals surface area contributed by atoms with E-state index in [0.717, 1.165) is 0 Å². The van der Waals surface area contributed by atoms with E-state index >= 15 is 0 Å². The van der Waals surface area contributed by atoms with E-state index in [1.54, 1.807) is 31.2 Å². The number of rotatable bonds is 1. The minimum absolute atomic E-state index is 0.157. The normalized spacial score (nSPS) is 26.6. The number of carbonyl (C=O) groups excluding carboxylic acids is 4. The zero-order valence-electron chi connectivity index (χ0n) is 10.9. The first-order valence-electron chi connectivity index (χ1n) is 6.52. The second-order valence-electron chi connectivity index (χ2n) is 5.37. The average Bonchev–Trinajstić information content (AvgIpc) is 2.64. The van der Waals surface area contributed by atoms with E-state index in [9.17, 15) is 19.2 Å². The van der Waals surface area contributed by atoms with E-state index in [-0.39, 0.29) is 29.8 Å². The fourth-order valence-corrected chi connectivity index (χ4v) is 3.12. The Morgan fingerprint density at radius 1 is 1.00 bits per heavy atom. The molecular formula is C15H13NO4. The van der Waals surface area contributed by atoms with Gasteiger partial charge in [-0.25, -0.2) is 0 Å². The first-order chi connectivity index (χ1) is 9.50. The SMILES string of the molecule is CC1CC(=O)NC(=O)C1C1C(=O)c2ccccc2C1=O. The fourth-order valence-electron chi connectivity index (χ4n) is 3.12. The van der Waals surface area contributed by atoms with Crippen molar-refractivity contribution in [2.75, 3.05) is 0 Å². The first kappa shape index (κ1) is 12.7. The minimum atomic E-state index is -0.990. The summed E-state index contributed by atoms with van der Waals surface area (Å²) in [5.41, 5.74) is 0.749. The summed E-state index contributed by atoms with van der Waals surface area (Å²) in [5, 5.41) is 2.22. The van der Waals surface area contributed by atoms with E-state index in [4.69, 9.17) is 0 Å². The van der Waals surface area contributed by atoms with Crippen LogP contribution in [0.3, 0.4) is 0 Å². The third-order valence-corrected chi connectivity index (χ3v) is 4.07. The molecule has 0 aromatic heterocycles. The molecule has 0 bridgehead atoms. The van der Waals surface area contributed by atoms with Crippen LogP contribution in [0.2, 0.25) is 0 Å². The molecule has 0 radical (unpaired) electrons. The van der Waals surface area contributed by atoms with Crippen LogP contribution in [0.15, 0.2) is 24.3 Å². The van der Waals surface area contributed by atoms with Crippen LogP contribution in [-0.2, 0) is 9.59 Å². The highest BCUT2D eigenvalue weighted by Crippen LogP contribution is 2.37. The van der Waals surface area contributed by atoms with Crippen LogP contribution >= 0.6 is 0 Å². The molecule has 1 saturated heterocycles. The molecule has 3 rings (SSSR count). The van der Waals surface area contributed by atoms with Crippen molar-refractivity contribution < 1.29 is 19.2 Å². The van der Waals surface area contributed by atoms with E-state index < -0.39 is 17.7 Å². The molecule has 1 aromatic carbocycles. The maximum atomic E-state index is 12.4.